The molecule has 2 aromatic heterocycles. The zero-order valence-corrected chi connectivity index (χ0v) is 13.2. The highest BCUT2D eigenvalue weighted by Gasteiger charge is 2.31. The number of aromatic hydroxyl groups is 2. The normalized spacial score (nSPS) is 11.4. The lowest BCUT2D eigenvalue weighted by molar-refractivity contribution is -0.385. The molecule has 0 unspecified atom stereocenters. The topological polar surface area (TPSA) is 122 Å². The van der Waals surface area contributed by atoms with Gasteiger partial charge in [-0.3, -0.25) is 15.1 Å². The average molecular weight is 378 g/mol. The fraction of sp³-hybridized carbons (Fsp3) is 0.0625. The van der Waals surface area contributed by atoms with E-state index in [4.69, 9.17) is 0 Å². The Kier molecular flexibility index (Phi) is 4.35. The fourth-order valence-electron chi connectivity index (χ4n) is 2.27. The number of alkyl halides is 3. The number of halogens is 3. The van der Waals surface area contributed by atoms with Crippen molar-refractivity contribution >= 4 is 5.69 Å². The number of phenolic OH excluding ortho intramolecular Hbond substituents is 2. The molecule has 138 valence electrons. The Morgan fingerprint density at radius 3 is 2.48 bits per heavy atom. The Morgan fingerprint density at radius 1 is 1.07 bits per heavy atom. The Hall–Kier alpha value is -3.76. The van der Waals surface area contributed by atoms with Gasteiger partial charge >= 0.3 is 11.9 Å². The molecule has 0 saturated heterocycles. The molecular formula is C16H9F3N4O4. The quantitative estimate of drug-likeness (QED) is 0.406. The monoisotopic (exact) mass is 378 g/mol. The van der Waals surface area contributed by atoms with E-state index < -0.39 is 33.8 Å². The highest BCUT2D eigenvalue weighted by Crippen LogP contribution is 2.39. The molecule has 0 spiro atoms. The first-order valence-electron chi connectivity index (χ1n) is 7.23. The van der Waals surface area contributed by atoms with Crippen molar-refractivity contribution in [3.8, 4) is 34.1 Å². The SMILES string of the molecule is O=[N+]([O-])c1cc(-c2ccnc(-c3cncc(C(F)(F)F)c3)n2)cc(O)c1O. The third-order valence-corrected chi connectivity index (χ3v) is 3.54. The number of rotatable bonds is 3. The summed E-state index contributed by atoms with van der Waals surface area (Å²) in [7, 11) is 0. The van der Waals surface area contributed by atoms with Gasteiger partial charge in [0.05, 0.1) is 16.2 Å². The summed E-state index contributed by atoms with van der Waals surface area (Å²) in [5.74, 6) is -1.73. The first-order valence-corrected chi connectivity index (χ1v) is 7.23. The molecule has 0 amide bonds. The number of benzene rings is 1. The van der Waals surface area contributed by atoms with E-state index in [1.807, 2.05) is 0 Å². The third-order valence-electron chi connectivity index (χ3n) is 3.54. The van der Waals surface area contributed by atoms with Crippen molar-refractivity contribution in [3.05, 3.63) is 58.5 Å². The predicted octanol–water partition coefficient (Wildman–Crippen LogP) is 3.54. The van der Waals surface area contributed by atoms with E-state index >= 15 is 0 Å². The summed E-state index contributed by atoms with van der Waals surface area (Å²) in [6, 6.07) is 4.19. The maximum Gasteiger partial charge on any atom is 0.417 e. The summed E-state index contributed by atoms with van der Waals surface area (Å²) in [6.07, 6.45) is -1.54. The molecule has 0 aliphatic heterocycles. The summed E-state index contributed by atoms with van der Waals surface area (Å²) in [5.41, 5.74) is -1.57. The summed E-state index contributed by atoms with van der Waals surface area (Å²) < 4.78 is 38.5. The van der Waals surface area contributed by atoms with Crippen LogP contribution in [-0.2, 0) is 6.18 Å². The Morgan fingerprint density at radius 2 is 1.81 bits per heavy atom. The van der Waals surface area contributed by atoms with Gasteiger partial charge in [0.15, 0.2) is 11.6 Å². The van der Waals surface area contributed by atoms with E-state index in [9.17, 15) is 33.5 Å². The minimum Gasteiger partial charge on any atom is -0.504 e. The van der Waals surface area contributed by atoms with Crippen LogP contribution in [0.25, 0.3) is 22.6 Å². The average Bonchev–Trinajstić information content (AvgIpc) is 2.63. The molecule has 27 heavy (non-hydrogen) atoms. The van der Waals surface area contributed by atoms with Crippen LogP contribution in [0.15, 0.2) is 42.9 Å². The predicted molar refractivity (Wildman–Crippen MR) is 85.7 cm³/mol. The summed E-state index contributed by atoms with van der Waals surface area (Å²) in [6.45, 7) is 0. The van der Waals surface area contributed by atoms with Crippen molar-refractivity contribution in [2.24, 2.45) is 0 Å². The lowest BCUT2D eigenvalue weighted by atomic mass is 10.1. The van der Waals surface area contributed by atoms with Crippen molar-refractivity contribution in [3.63, 3.8) is 0 Å². The molecule has 0 aliphatic carbocycles. The molecule has 2 heterocycles. The van der Waals surface area contributed by atoms with Crippen molar-refractivity contribution in [2.75, 3.05) is 0 Å². The van der Waals surface area contributed by atoms with Gasteiger partial charge < -0.3 is 10.2 Å². The van der Waals surface area contributed by atoms with Crippen LogP contribution in [0, 0.1) is 10.1 Å². The number of hydrogen-bond acceptors (Lipinski definition) is 7. The summed E-state index contributed by atoms with van der Waals surface area (Å²) in [4.78, 5) is 21.6. The Labute approximate surface area is 148 Å². The van der Waals surface area contributed by atoms with Crippen LogP contribution >= 0.6 is 0 Å². The van der Waals surface area contributed by atoms with Gasteiger partial charge in [-0.05, 0) is 18.2 Å². The molecule has 0 bridgehead atoms. The molecule has 11 heteroatoms. The van der Waals surface area contributed by atoms with Crippen LogP contribution in [0.5, 0.6) is 11.5 Å². The molecule has 3 aromatic rings. The summed E-state index contributed by atoms with van der Waals surface area (Å²) in [5, 5.41) is 30.2. The molecular weight excluding hydrogens is 369 g/mol. The maximum absolute atomic E-state index is 12.8. The molecule has 0 saturated carbocycles. The van der Waals surface area contributed by atoms with Gasteiger partial charge in [0.2, 0.25) is 5.75 Å². The molecule has 0 fully saturated rings. The first kappa shape index (κ1) is 18.0. The minimum atomic E-state index is -4.59. The molecule has 8 nitrogen and oxygen atoms in total. The Bertz CT molecular complexity index is 1040. The molecule has 2 N–H and O–H groups in total. The van der Waals surface area contributed by atoms with Gasteiger partial charge in [-0.2, -0.15) is 13.2 Å². The number of phenols is 2. The number of hydrogen-bond donors (Lipinski definition) is 2. The van der Waals surface area contributed by atoms with Gasteiger partial charge in [-0.25, -0.2) is 9.97 Å². The van der Waals surface area contributed by atoms with E-state index in [2.05, 4.69) is 15.0 Å². The molecule has 0 atom stereocenters. The van der Waals surface area contributed by atoms with E-state index in [-0.39, 0.29) is 22.6 Å². The van der Waals surface area contributed by atoms with Gasteiger partial charge in [0.1, 0.15) is 0 Å². The van der Waals surface area contributed by atoms with Crippen LogP contribution in [0.3, 0.4) is 0 Å². The molecule has 0 radical (unpaired) electrons. The highest BCUT2D eigenvalue weighted by molar-refractivity contribution is 5.71. The minimum absolute atomic E-state index is 0.0100. The van der Waals surface area contributed by atoms with Gasteiger partial charge in [0.25, 0.3) is 0 Å². The number of pyridine rings is 1. The Balaban J connectivity index is 2.09. The largest absolute Gasteiger partial charge is 0.504 e. The van der Waals surface area contributed by atoms with Crippen molar-refractivity contribution in [2.45, 2.75) is 6.18 Å². The second kappa shape index (κ2) is 6.52. The lowest BCUT2D eigenvalue weighted by Gasteiger charge is -2.08. The fourth-order valence-corrected chi connectivity index (χ4v) is 2.27. The number of aromatic nitrogens is 3. The smallest absolute Gasteiger partial charge is 0.417 e. The van der Waals surface area contributed by atoms with Crippen LogP contribution in [-0.4, -0.2) is 30.1 Å². The van der Waals surface area contributed by atoms with Crippen LogP contribution < -0.4 is 0 Å². The zero-order valence-electron chi connectivity index (χ0n) is 13.2. The molecule has 0 aliphatic rings. The van der Waals surface area contributed by atoms with Crippen molar-refractivity contribution < 1.29 is 28.3 Å². The van der Waals surface area contributed by atoms with Gasteiger partial charge in [0, 0.05) is 35.8 Å². The highest BCUT2D eigenvalue weighted by atomic mass is 19.4. The lowest BCUT2D eigenvalue weighted by Crippen LogP contribution is -2.06. The maximum atomic E-state index is 12.8. The van der Waals surface area contributed by atoms with E-state index in [1.165, 1.54) is 12.3 Å². The van der Waals surface area contributed by atoms with Crippen LogP contribution in [0.2, 0.25) is 0 Å². The molecule has 1 aromatic carbocycles. The second-order valence-electron chi connectivity index (χ2n) is 5.35. The zero-order chi connectivity index (χ0) is 19.8. The number of nitro benzene ring substituents is 1. The van der Waals surface area contributed by atoms with E-state index in [0.29, 0.717) is 6.20 Å². The first-order chi connectivity index (χ1) is 12.7. The molecule has 3 rings (SSSR count). The second-order valence-corrected chi connectivity index (χ2v) is 5.35. The van der Waals surface area contributed by atoms with E-state index in [1.54, 1.807) is 0 Å². The number of nitrogens with zero attached hydrogens (tertiary/aromatic N) is 4. The standard InChI is InChI=1S/C16H9F3N4O4/c17-16(18,19)10-3-9(6-20-7-10)15-21-2-1-11(22-15)8-4-12(23(26)27)14(25)13(24)5-8/h1-7,24-25H. The van der Waals surface area contributed by atoms with E-state index in [0.717, 1.165) is 24.4 Å². The van der Waals surface area contributed by atoms with Crippen molar-refractivity contribution in [1.29, 1.82) is 0 Å². The summed E-state index contributed by atoms with van der Waals surface area (Å²) >= 11 is 0. The van der Waals surface area contributed by atoms with Gasteiger partial charge in [-0.15, -0.1) is 0 Å². The number of nitro groups is 1. The van der Waals surface area contributed by atoms with Crippen molar-refractivity contribution in [1.82, 2.24) is 15.0 Å². The van der Waals surface area contributed by atoms with Crippen LogP contribution in [0.1, 0.15) is 5.56 Å². The van der Waals surface area contributed by atoms with Gasteiger partial charge in [-0.1, -0.05) is 0 Å². The van der Waals surface area contributed by atoms with Crippen LogP contribution in [0.4, 0.5) is 18.9 Å². The third kappa shape index (κ3) is 3.61.